The molecule has 3 N–H and O–H groups in total. The summed E-state index contributed by atoms with van der Waals surface area (Å²) in [6.07, 6.45) is 84.1. The van der Waals surface area contributed by atoms with Gasteiger partial charge < -0.3 is 20.3 Å². The van der Waals surface area contributed by atoms with Crippen LogP contribution in [0.5, 0.6) is 0 Å². The van der Waals surface area contributed by atoms with Crippen molar-refractivity contribution in [3.63, 3.8) is 0 Å². The molecule has 6 heteroatoms. The first-order valence-electron chi connectivity index (χ1n) is 35.9. The number of amides is 1. The molecular formula is C72H141NO5. The van der Waals surface area contributed by atoms with Gasteiger partial charge in [0.25, 0.3) is 0 Å². The predicted molar refractivity (Wildman–Crippen MR) is 343 cm³/mol. The molecule has 464 valence electrons. The van der Waals surface area contributed by atoms with Crippen LogP contribution in [0, 0.1) is 0 Å². The molecular weight excluding hydrogens is 959 g/mol. The number of carbonyl (C=O) groups excluding carboxylic acids is 2. The summed E-state index contributed by atoms with van der Waals surface area (Å²) in [5.41, 5.74) is 0. The molecule has 0 rings (SSSR count). The Kier molecular flexibility index (Phi) is 66.9. The lowest BCUT2D eigenvalue weighted by Gasteiger charge is -2.22. The lowest BCUT2D eigenvalue weighted by atomic mass is 10.0. The second kappa shape index (κ2) is 68.1. The molecule has 2 unspecified atom stereocenters. The second-order valence-corrected chi connectivity index (χ2v) is 24.9. The predicted octanol–water partition coefficient (Wildman–Crippen LogP) is 23.1. The molecule has 0 radical (unpaired) electrons. The van der Waals surface area contributed by atoms with Gasteiger partial charge in [0.1, 0.15) is 0 Å². The van der Waals surface area contributed by atoms with E-state index in [9.17, 15) is 19.8 Å². The summed E-state index contributed by atoms with van der Waals surface area (Å²) in [4.78, 5) is 24.6. The minimum Gasteiger partial charge on any atom is -0.466 e. The molecule has 0 aliphatic heterocycles. The van der Waals surface area contributed by atoms with Gasteiger partial charge in [-0.15, -0.1) is 0 Å². The summed E-state index contributed by atoms with van der Waals surface area (Å²) < 4.78 is 5.51. The molecule has 0 aromatic carbocycles. The zero-order valence-corrected chi connectivity index (χ0v) is 53.2. The molecule has 0 aromatic rings. The van der Waals surface area contributed by atoms with Crippen LogP contribution in [0.3, 0.4) is 0 Å². The van der Waals surface area contributed by atoms with Crippen molar-refractivity contribution in [1.29, 1.82) is 0 Å². The fourth-order valence-corrected chi connectivity index (χ4v) is 11.6. The highest BCUT2D eigenvalue weighted by Crippen LogP contribution is 2.19. The Balaban J connectivity index is 3.32. The number of unbranched alkanes of at least 4 members (excludes halogenated alkanes) is 55. The Labute approximate surface area is 489 Å². The maximum atomic E-state index is 12.5. The summed E-state index contributed by atoms with van der Waals surface area (Å²) in [5.74, 6) is -0.0115. The Hall–Kier alpha value is -1.40. The van der Waals surface area contributed by atoms with Crippen molar-refractivity contribution in [1.82, 2.24) is 5.32 Å². The van der Waals surface area contributed by atoms with Crippen molar-refractivity contribution in [3.8, 4) is 0 Å². The molecule has 0 spiro atoms. The summed E-state index contributed by atoms with van der Waals surface area (Å²) in [6.45, 7) is 4.99. The summed E-state index contributed by atoms with van der Waals surface area (Å²) >= 11 is 0. The molecule has 0 aliphatic rings. The van der Waals surface area contributed by atoms with Crippen LogP contribution >= 0.6 is 0 Å². The van der Waals surface area contributed by atoms with Gasteiger partial charge in [-0.3, -0.25) is 9.59 Å². The number of nitrogens with one attached hydrogen (secondary N) is 1. The van der Waals surface area contributed by atoms with Gasteiger partial charge in [0.15, 0.2) is 0 Å². The third kappa shape index (κ3) is 63.8. The zero-order valence-electron chi connectivity index (χ0n) is 53.2. The molecule has 0 saturated carbocycles. The molecule has 0 bridgehead atoms. The van der Waals surface area contributed by atoms with Crippen molar-refractivity contribution in [2.24, 2.45) is 0 Å². The lowest BCUT2D eigenvalue weighted by molar-refractivity contribution is -0.143. The number of aliphatic hydroxyl groups excluding tert-OH is 2. The van der Waals surface area contributed by atoms with E-state index >= 15 is 0 Å². The minimum atomic E-state index is -0.661. The van der Waals surface area contributed by atoms with E-state index in [0.717, 1.165) is 44.9 Å². The number of esters is 1. The molecule has 0 aliphatic carbocycles. The minimum absolute atomic E-state index is 0.0170. The van der Waals surface area contributed by atoms with Crippen LogP contribution in [0.15, 0.2) is 12.2 Å². The van der Waals surface area contributed by atoms with E-state index in [4.69, 9.17) is 4.74 Å². The van der Waals surface area contributed by atoms with Gasteiger partial charge in [-0.2, -0.15) is 0 Å². The van der Waals surface area contributed by atoms with Gasteiger partial charge in [0.2, 0.25) is 5.91 Å². The van der Waals surface area contributed by atoms with Gasteiger partial charge in [-0.25, -0.2) is 0 Å². The highest BCUT2D eigenvalue weighted by atomic mass is 16.5. The van der Waals surface area contributed by atoms with Crippen LogP contribution in [-0.4, -0.2) is 47.4 Å². The maximum absolute atomic E-state index is 12.5. The largest absolute Gasteiger partial charge is 0.466 e. The maximum Gasteiger partial charge on any atom is 0.305 e. The summed E-state index contributed by atoms with van der Waals surface area (Å²) in [7, 11) is 0. The average molecular weight is 1100 g/mol. The quantitative estimate of drug-likeness (QED) is 0.0320. The van der Waals surface area contributed by atoms with Gasteiger partial charge in [0.05, 0.1) is 25.4 Å². The number of rotatable bonds is 68. The van der Waals surface area contributed by atoms with Crippen LogP contribution < -0.4 is 5.32 Å². The number of allylic oxidation sites excluding steroid dienone is 2. The van der Waals surface area contributed by atoms with E-state index in [2.05, 4.69) is 31.3 Å². The molecule has 0 saturated heterocycles. The van der Waals surface area contributed by atoms with Crippen molar-refractivity contribution < 1.29 is 24.5 Å². The fourth-order valence-electron chi connectivity index (χ4n) is 11.6. The summed E-state index contributed by atoms with van der Waals surface area (Å²) in [5, 5.41) is 23.3. The monoisotopic (exact) mass is 1100 g/mol. The number of ether oxygens (including phenoxy) is 1. The third-order valence-corrected chi connectivity index (χ3v) is 17.1. The topological polar surface area (TPSA) is 95.9 Å². The highest BCUT2D eigenvalue weighted by molar-refractivity contribution is 5.76. The van der Waals surface area contributed by atoms with Crippen LogP contribution in [0.4, 0.5) is 0 Å². The first-order chi connectivity index (χ1) is 38.5. The molecule has 6 nitrogen and oxygen atoms in total. The van der Waals surface area contributed by atoms with E-state index in [0.29, 0.717) is 25.9 Å². The van der Waals surface area contributed by atoms with Crippen LogP contribution in [0.1, 0.15) is 412 Å². The van der Waals surface area contributed by atoms with E-state index in [1.165, 1.54) is 334 Å². The third-order valence-electron chi connectivity index (χ3n) is 17.1. The zero-order chi connectivity index (χ0) is 56.4. The number of aliphatic hydroxyl groups is 2. The molecule has 78 heavy (non-hydrogen) atoms. The Bertz CT molecular complexity index is 1180. The van der Waals surface area contributed by atoms with Gasteiger partial charge in [-0.1, -0.05) is 360 Å². The SMILES string of the molecule is CCCCCCCCC/C=C\CCCCCCCCCC(=O)OCCCCCCCCCCCCCCCCCCCCCCCCCCCCCCC(=O)NC(CO)C(O)CCCCCCCCCCCCCCCCC. The molecule has 0 heterocycles. The van der Waals surface area contributed by atoms with Crippen LogP contribution in [0.25, 0.3) is 0 Å². The first kappa shape index (κ1) is 76.6. The van der Waals surface area contributed by atoms with E-state index in [1.54, 1.807) is 0 Å². The molecule has 2 atom stereocenters. The second-order valence-electron chi connectivity index (χ2n) is 24.9. The Morgan fingerprint density at radius 1 is 0.346 bits per heavy atom. The van der Waals surface area contributed by atoms with E-state index < -0.39 is 12.1 Å². The molecule has 1 amide bonds. The Morgan fingerprint density at radius 2 is 0.603 bits per heavy atom. The van der Waals surface area contributed by atoms with Gasteiger partial charge >= 0.3 is 5.97 Å². The number of carbonyl (C=O) groups is 2. The standard InChI is InChI=1S/C72H141NO5/c1-3-5-7-9-11-13-15-17-19-20-34-38-42-46-50-54-58-62-66-72(77)78-67-63-59-55-51-47-43-39-35-32-30-28-26-24-22-21-23-25-27-29-31-33-37-41-45-49-53-57-61-65-71(76)73-69(68-74)70(75)64-60-56-52-48-44-40-36-18-16-14-12-10-8-6-4-2/h19-20,69-70,74-75H,3-18,21-68H2,1-2H3,(H,73,76)/b20-19-. The van der Waals surface area contributed by atoms with Gasteiger partial charge in [-0.05, 0) is 51.4 Å². The van der Waals surface area contributed by atoms with Crippen molar-refractivity contribution in [2.75, 3.05) is 13.2 Å². The van der Waals surface area contributed by atoms with Gasteiger partial charge in [0, 0.05) is 12.8 Å². The van der Waals surface area contributed by atoms with E-state index in [1.807, 2.05) is 0 Å². The van der Waals surface area contributed by atoms with Crippen LogP contribution in [-0.2, 0) is 14.3 Å². The average Bonchev–Trinajstić information content (AvgIpc) is 3.44. The number of hydrogen-bond donors (Lipinski definition) is 3. The van der Waals surface area contributed by atoms with Crippen molar-refractivity contribution >= 4 is 11.9 Å². The molecule has 0 fully saturated rings. The summed E-state index contributed by atoms with van der Waals surface area (Å²) in [6, 6.07) is -0.538. The van der Waals surface area contributed by atoms with E-state index in [-0.39, 0.29) is 18.5 Å². The number of hydrogen-bond acceptors (Lipinski definition) is 5. The van der Waals surface area contributed by atoms with Crippen molar-refractivity contribution in [2.45, 2.75) is 424 Å². The van der Waals surface area contributed by atoms with Crippen molar-refractivity contribution in [3.05, 3.63) is 12.2 Å². The van der Waals surface area contributed by atoms with Crippen LogP contribution in [0.2, 0.25) is 0 Å². The lowest BCUT2D eigenvalue weighted by Crippen LogP contribution is -2.45. The highest BCUT2D eigenvalue weighted by Gasteiger charge is 2.20. The smallest absolute Gasteiger partial charge is 0.305 e. The molecule has 0 aromatic heterocycles. The normalized spacial score (nSPS) is 12.5. The Morgan fingerprint density at radius 3 is 0.910 bits per heavy atom. The fraction of sp³-hybridized carbons (Fsp3) is 0.944. The first-order valence-corrected chi connectivity index (χ1v) is 35.9.